The summed E-state index contributed by atoms with van der Waals surface area (Å²) in [7, 11) is -0.876. The van der Waals surface area contributed by atoms with Gasteiger partial charge in [0.05, 0.1) is 19.1 Å². The first-order valence-electron chi connectivity index (χ1n) is 7.91. The Morgan fingerprint density at radius 2 is 1.69 bits per heavy atom. The minimum absolute atomic E-state index is 0.00290. The lowest BCUT2D eigenvalue weighted by atomic mass is 10.1. The topological polar surface area (TPSA) is 108 Å². The molecule has 0 heterocycles. The maximum atomic E-state index is 12.6. The lowest BCUT2D eigenvalue weighted by Crippen LogP contribution is -2.17. The van der Waals surface area contributed by atoms with Gasteiger partial charge in [-0.2, -0.15) is 0 Å². The molecule has 140 valence electrons. The number of carbonyl (C=O) groups excluding carboxylic acids is 1. The summed E-state index contributed by atoms with van der Waals surface area (Å²) in [6, 6.07) is 7.80. The quantitative estimate of drug-likeness (QED) is 0.803. The molecule has 8 heteroatoms. The number of methoxy groups -OCH3 is 2. The van der Waals surface area contributed by atoms with Crippen LogP contribution in [0.4, 0.5) is 5.69 Å². The molecule has 0 aliphatic heterocycles. The van der Waals surface area contributed by atoms with Gasteiger partial charge in [0.25, 0.3) is 5.91 Å². The van der Waals surface area contributed by atoms with E-state index in [9.17, 15) is 13.2 Å². The van der Waals surface area contributed by atoms with Crippen LogP contribution < -0.4 is 19.9 Å². The van der Waals surface area contributed by atoms with Crippen molar-refractivity contribution in [2.75, 3.05) is 19.5 Å². The lowest BCUT2D eigenvalue weighted by molar-refractivity contribution is 0.102. The zero-order chi connectivity index (χ0) is 19.5. The van der Waals surface area contributed by atoms with Crippen LogP contribution in [0.25, 0.3) is 0 Å². The van der Waals surface area contributed by atoms with Gasteiger partial charge < -0.3 is 14.8 Å². The Hall–Kier alpha value is -2.58. The van der Waals surface area contributed by atoms with Gasteiger partial charge in [0.15, 0.2) is 0 Å². The van der Waals surface area contributed by atoms with E-state index in [0.717, 1.165) is 5.56 Å². The van der Waals surface area contributed by atoms with Crippen molar-refractivity contribution < 1.29 is 22.7 Å². The van der Waals surface area contributed by atoms with Gasteiger partial charge >= 0.3 is 0 Å². The van der Waals surface area contributed by atoms with Crippen molar-refractivity contribution in [1.82, 2.24) is 0 Å². The van der Waals surface area contributed by atoms with Crippen LogP contribution in [0.15, 0.2) is 35.2 Å². The highest BCUT2D eigenvalue weighted by Gasteiger charge is 2.17. The Labute approximate surface area is 153 Å². The number of benzene rings is 2. The summed E-state index contributed by atoms with van der Waals surface area (Å²) in [5.74, 6) is 0.605. The normalized spacial score (nSPS) is 11.1. The number of aryl methyl sites for hydroxylation is 1. The van der Waals surface area contributed by atoms with Crippen LogP contribution in [0.1, 0.15) is 28.4 Å². The number of primary sulfonamides is 1. The maximum Gasteiger partial charge on any atom is 0.255 e. The first-order valence-corrected chi connectivity index (χ1v) is 9.45. The molecular formula is C18H22N2O5S. The van der Waals surface area contributed by atoms with E-state index in [-0.39, 0.29) is 4.90 Å². The first kappa shape index (κ1) is 19.7. The molecule has 0 unspecified atom stereocenters. The summed E-state index contributed by atoms with van der Waals surface area (Å²) in [4.78, 5) is 12.6. The first-order chi connectivity index (χ1) is 12.2. The third kappa shape index (κ3) is 4.14. The molecule has 2 aromatic rings. The Balaban J connectivity index is 2.39. The number of hydrogen-bond donors (Lipinski definition) is 2. The predicted molar refractivity (Wildman–Crippen MR) is 99.4 cm³/mol. The average Bonchev–Trinajstić information content (AvgIpc) is 2.61. The molecule has 0 aromatic heterocycles. The largest absolute Gasteiger partial charge is 0.496 e. The van der Waals surface area contributed by atoms with E-state index in [0.29, 0.717) is 34.7 Å². The number of rotatable bonds is 6. The van der Waals surface area contributed by atoms with Gasteiger partial charge in [0, 0.05) is 16.8 Å². The number of nitrogens with one attached hydrogen (secondary N) is 1. The highest BCUT2D eigenvalue weighted by Crippen LogP contribution is 2.30. The molecule has 0 fully saturated rings. The number of nitrogens with two attached hydrogens (primary N) is 1. The van der Waals surface area contributed by atoms with E-state index in [1.165, 1.54) is 20.3 Å². The van der Waals surface area contributed by atoms with Crippen LogP contribution in [-0.2, 0) is 16.4 Å². The zero-order valence-electron chi connectivity index (χ0n) is 15.1. The molecule has 0 saturated carbocycles. The van der Waals surface area contributed by atoms with Crippen molar-refractivity contribution in [1.29, 1.82) is 0 Å². The Kier molecular flexibility index (Phi) is 5.89. The number of carbonyl (C=O) groups is 1. The van der Waals surface area contributed by atoms with Gasteiger partial charge in [-0.05, 0) is 43.2 Å². The molecule has 0 aliphatic rings. The minimum atomic E-state index is -3.89. The van der Waals surface area contributed by atoms with Crippen LogP contribution in [-0.4, -0.2) is 28.5 Å². The van der Waals surface area contributed by atoms with Gasteiger partial charge in [-0.3, -0.25) is 4.79 Å². The molecule has 26 heavy (non-hydrogen) atoms. The van der Waals surface area contributed by atoms with E-state index < -0.39 is 15.9 Å². The van der Waals surface area contributed by atoms with Crippen molar-refractivity contribution in [2.45, 2.75) is 25.2 Å². The van der Waals surface area contributed by atoms with Gasteiger partial charge in [0.2, 0.25) is 10.0 Å². The number of anilines is 1. The van der Waals surface area contributed by atoms with Crippen molar-refractivity contribution >= 4 is 21.6 Å². The van der Waals surface area contributed by atoms with Crippen molar-refractivity contribution in [3.63, 3.8) is 0 Å². The molecule has 0 aliphatic carbocycles. The molecule has 0 spiro atoms. The van der Waals surface area contributed by atoms with Gasteiger partial charge in [0.1, 0.15) is 11.5 Å². The third-order valence-corrected chi connectivity index (χ3v) is 5.02. The fourth-order valence-electron chi connectivity index (χ4n) is 2.61. The van der Waals surface area contributed by atoms with E-state index in [1.807, 2.05) is 13.8 Å². The molecule has 0 radical (unpaired) electrons. The summed E-state index contributed by atoms with van der Waals surface area (Å²) in [6.45, 7) is 3.65. The monoisotopic (exact) mass is 378 g/mol. The predicted octanol–water partition coefficient (Wildman–Crippen LogP) is 2.47. The second-order valence-corrected chi connectivity index (χ2v) is 7.21. The minimum Gasteiger partial charge on any atom is -0.496 e. The van der Waals surface area contributed by atoms with Crippen LogP contribution in [0, 0.1) is 6.92 Å². The van der Waals surface area contributed by atoms with Crippen molar-refractivity contribution in [2.24, 2.45) is 5.14 Å². The number of ether oxygens (including phenoxy) is 2. The molecule has 1 amide bonds. The SMILES string of the molecule is CCc1ccc(NC(=O)c2cc(OC)c(C)c(OC)c2)cc1S(N)(=O)=O. The van der Waals surface area contributed by atoms with Crippen LogP contribution in [0.3, 0.4) is 0 Å². The summed E-state index contributed by atoms with van der Waals surface area (Å²) in [6.07, 6.45) is 0.506. The molecule has 3 N–H and O–H groups in total. The zero-order valence-corrected chi connectivity index (χ0v) is 15.9. The van der Waals surface area contributed by atoms with E-state index in [2.05, 4.69) is 5.32 Å². The van der Waals surface area contributed by atoms with E-state index >= 15 is 0 Å². The maximum absolute atomic E-state index is 12.6. The lowest BCUT2D eigenvalue weighted by Gasteiger charge is -2.13. The van der Waals surface area contributed by atoms with Crippen LogP contribution >= 0.6 is 0 Å². The smallest absolute Gasteiger partial charge is 0.255 e. The second-order valence-electron chi connectivity index (χ2n) is 5.68. The molecule has 0 saturated heterocycles. The molecule has 0 atom stereocenters. The van der Waals surface area contributed by atoms with Crippen molar-refractivity contribution in [3.05, 3.63) is 47.0 Å². The highest BCUT2D eigenvalue weighted by atomic mass is 32.2. The Bertz CT molecular complexity index is 914. The summed E-state index contributed by atoms with van der Waals surface area (Å²) >= 11 is 0. The standard InChI is InChI=1S/C18H22N2O5S/c1-5-12-6-7-14(10-17(12)26(19,22)23)20-18(21)13-8-15(24-3)11(2)16(9-13)25-4/h6-10H,5H2,1-4H3,(H,20,21)(H2,19,22,23). The summed E-state index contributed by atoms with van der Waals surface area (Å²) < 4.78 is 34.0. The van der Waals surface area contributed by atoms with Gasteiger partial charge in [-0.15, -0.1) is 0 Å². The highest BCUT2D eigenvalue weighted by molar-refractivity contribution is 7.89. The Morgan fingerprint density at radius 3 is 2.15 bits per heavy atom. The second kappa shape index (κ2) is 7.76. The van der Waals surface area contributed by atoms with Gasteiger partial charge in [-0.25, -0.2) is 13.6 Å². The summed E-state index contributed by atoms with van der Waals surface area (Å²) in [5, 5.41) is 7.94. The van der Waals surface area contributed by atoms with Gasteiger partial charge in [-0.1, -0.05) is 13.0 Å². The fraction of sp³-hybridized carbons (Fsp3) is 0.278. The Morgan fingerprint density at radius 1 is 1.12 bits per heavy atom. The fourth-order valence-corrected chi connectivity index (χ4v) is 3.48. The molecule has 7 nitrogen and oxygen atoms in total. The molecule has 2 aromatic carbocycles. The average molecular weight is 378 g/mol. The number of amides is 1. The molecule has 2 rings (SSSR count). The molecular weight excluding hydrogens is 356 g/mol. The number of hydrogen-bond acceptors (Lipinski definition) is 5. The molecule has 0 bridgehead atoms. The van der Waals surface area contributed by atoms with E-state index in [4.69, 9.17) is 14.6 Å². The third-order valence-electron chi connectivity index (χ3n) is 4.03. The van der Waals surface area contributed by atoms with Crippen LogP contribution in [0.2, 0.25) is 0 Å². The van der Waals surface area contributed by atoms with Crippen molar-refractivity contribution in [3.8, 4) is 11.5 Å². The van der Waals surface area contributed by atoms with Crippen LogP contribution in [0.5, 0.6) is 11.5 Å². The van der Waals surface area contributed by atoms with E-state index in [1.54, 1.807) is 24.3 Å². The number of sulfonamides is 1. The summed E-state index contributed by atoms with van der Waals surface area (Å²) in [5.41, 5.74) is 2.01.